The number of unbranched alkanes of at least 4 members (excludes halogenated alkanes) is 1. The van der Waals surface area contributed by atoms with Crippen LogP contribution in [-0.4, -0.2) is 15.7 Å². The smallest absolute Gasteiger partial charge is 0.144 e. The summed E-state index contributed by atoms with van der Waals surface area (Å²) >= 11 is 0. The molecule has 0 radical (unpaired) electrons. The molecular formula is C24H30N2O. The van der Waals surface area contributed by atoms with Crippen LogP contribution in [-0.2, 0) is 11.3 Å². The maximum atomic E-state index is 6.14. The van der Waals surface area contributed by atoms with Crippen LogP contribution in [0.5, 0.6) is 0 Å². The van der Waals surface area contributed by atoms with Gasteiger partial charge >= 0.3 is 0 Å². The minimum Gasteiger partial charge on any atom is -0.374 e. The second-order valence-corrected chi connectivity index (χ2v) is 7.09. The first-order valence-electron chi connectivity index (χ1n) is 10.0. The first-order valence-corrected chi connectivity index (χ1v) is 10.0. The summed E-state index contributed by atoms with van der Waals surface area (Å²) in [7, 11) is 0. The van der Waals surface area contributed by atoms with E-state index in [1.54, 1.807) is 0 Å². The first kappa shape index (κ1) is 19.4. The Morgan fingerprint density at radius 3 is 2.59 bits per heavy atom. The van der Waals surface area contributed by atoms with Crippen LogP contribution in [0.15, 0.2) is 60.9 Å². The molecular weight excluding hydrogens is 332 g/mol. The monoisotopic (exact) mass is 362 g/mol. The van der Waals surface area contributed by atoms with Gasteiger partial charge in [0, 0.05) is 23.6 Å². The second-order valence-electron chi connectivity index (χ2n) is 7.09. The predicted molar refractivity (Wildman–Crippen MR) is 112 cm³/mol. The van der Waals surface area contributed by atoms with Crippen molar-refractivity contribution in [3.05, 3.63) is 72.1 Å². The summed E-state index contributed by atoms with van der Waals surface area (Å²) in [5, 5.41) is 0. The van der Waals surface area contributed by atoms with Crippen molar-refractivity contribution in [2.45, 2.75) is 59.2 Å². The fraction of sp³-hybridized carbons (Fsp3) is 0.375. The summed E-state index contributed by atoms with van der Waals surface area (Å²) in [6, 6.07) is 16.9. The highest BCUT2D eigenvalue weighted by Crippen LogP contribution is 2.24. The topological polar surface area (TPSA) is 27.1 Å². The van der Waals surface area contributed by atoms with Gasteiger partial charge in [0.1, 0.15) is 5.82 Å². The molecule has 1 unspecified atom stereocenters. The van der Waals surface area contributed by atoms with Crippen molar-refractivity contribution in [1.82, 2.24) is 9.55 Å². The van der Waals surface area contributed by atoms with Gasteiger partial charge in [-0.2, -0.15) is 0 Å². The van der Waals surface area contributed by atoms with Crippen LogP contribution in [0.2, 0.25) is 0 Å². The number of ether oxygens (including phenoxy) is 1. The Morgan fingerprint density at radius 1 is 1.07 bits per heavy atom. The summed E-state index contributed by atoms with van der Waals surface area (Å²) in [6.07, 6.45) is 8.94. The van der Waals surface area contributed by atoms with Crippen LogP contribution < -0.4 is 0 Å². The molecule has 0 aliphatic heterocycles. The lowest BCUT2D eigenvalue weighted by molar-refractivity contribution is 0.0312. The Bertz CT molecular complexity index is 839. The van der Waals surface area contributed by atoms with Gasteiger partial charge in [0.2, 0.25) is 0 Å². The fourth-order valence-electron chi connectivity index (χ4n) is 3.43. The van der Waals surface area contributed by atoms with Crippen molar-refractivity contribution < 1.29 is 4.74 Å². The van der Waals surface area contributed by atoms with E-state index in [0.717, 1.165) is 29.9 Å². The number of aryl methyl sites for hydroxylation is 1. The molecule has 3 heteroatoms. The number of hydrogen-bond acceptors (Lipinski definition) is 2. The third-order valence-corrected chi connectivity index (χ3v) is 5.01. The van der Waals surface area contributed by atoms with Crippen molar-refractivity contribution in [3.63, 3.8) is 0 Å². The van der Waals surface area contributed by atoms with Crippen LogP contribution in [0, 0.1) is 6.92 Å². The van der Waals surface area contributed by atoms with Crippen molar-refractivity contribution >= 4 is 0 Å². The summed E-state index contributed by atoms with van der Waals surface area (Å²) < 4.78 is 8.30. The lowest BCUT2D eigenvalue weighted by Gasteiger charge is -2.17. The average molecular weight is 363 g/mol. The molecule has 1 atom stereocenters. The van der Waals surface area contributed by atoms with Gasteiger partial charge in [0.05, 0.1) is 12.7 Å². The van der Waals surface area contributed by atoms with Gasteiger partial charge < -0.3 is 4.74 Å². The van der Waals surface area contributed by atoms with Crippen LogP contribution >= 0.6 is 0 Å². The van der Waals surface area contributed by atoms with Gasteiger partial charge in [-0.1, -0.05) is 69.2 Å². The average Bonchev–Trinajstić information content (AvgIpc) is 3.18. The number of nitrogens with zero attached hydrogens (tertiary/aromatic N) is 2. The summed E-state index contributed by atoms with van der Waals surface area (Å²) in [5.74, 6) is 0.966. The molecule has 3 aromatic rings. The molecule has 2 aromatic carbocycles. The Hall–Kier alpha value is -2.39. The van der Waals surface area contributed by atoms with Crippen molar-refractivity contribution in [2.75, 3.05) is 0 Å². The lowest BCUT2D eigenvalue weighted by Crippen LogP contribution is -2.11. The van der Waals surface area contributed by atoms with Gasteiger partial charge in [-0.15, -0.1) is 0 Å². The Labute approximate surface area is 163 Å². The molecule has 1 aromatic heterocycles. The van der Waals surface area contributed by atoms with Gasteiger partial charge in [0.15, 0.2) is 0 Å². The van der Waals surface area contributed by atoms with Gasteiger partial charge in [0.25, 0.3) is 0 Å². The molecule has 0 amide bonds. The zero-order valence-corrected chi connectivity index (χ0v) is 16.7. The number of rotatable bonds is 9. The Balaban J connectivity index is 1.76. The van der Waals surface area contributed by atoms with Gasteiger partial charge in [-0.3, -0.25) is 4.57 Å². The van der Waals surface area contributed by atoms with E-state index >= 15 is 0 Å². The summed E-state index contributed by atoms with van der Waals surface area (Å²) in [4.78, 5) is 4.56. The number of imidazole rings is 1. The molecule has 27 heavy (non-hydrogen) atoms. The van der Waals surface area contributed by atoms with Crippen LogP contribution in [0.3, 0.4) is 0 Å². The van der Waals surface area contributed by atoms with E-state index in [1.807, 2.05) is 30.6 Å². The highest BCUT2D eigenvalue weighted by Gasteiger charge is 2.11. The fourth-order valence-corrected chi connectivity index (χ4v) is 3.43. The second kappa shape index (κ2) is 9.52. The number of aromatic nitrogens is 2. The van der Waals surface area contributed by atoms with E-state index in [4.69, 9.17) is 4.74 Å². The standard InChI is InChI=1S/C24H30N2O/c1-4-6-12-22(5-2)27-18-20-13-14-23(19(3)17-20)26-16-15-25-24(26)21-10-8-7-9-11-21/h7-11,13-17,22H,4-6,12,18H2,1-3H3. The van der Waals surface area contributed by atoms with Gasteiger partial charge in [-0.05, 0) is 37.0 Å². The largest absolute Gasteiger partial charge is 0.374 e. The first-order chi connectivity index (χ1) is 13.2. The molecule has 0 aliphatic rings. The van der Waals surface area contributed by atoms with E-state index in [1.165, 1.54) is 24.0 Å². The quantitative estimate of drug-likeness (QED) is 0.444. The number of hydrogen-bond donors (Lipinski definition) is 0. The van der Waals surface area contributed by atoms with E-state index in [2.05, 4.69) is 60.7 Å². The lowest BCUT2D eigenvalue weighted by atomic mass is 10.1. The zero-order chi connectivity index (χ0) is 19.1. The molecule has 0 saturated carbocycles. The SMILES string of the molecule is CCCCC(CC)OCc1ccc(-n2ccnc2-c2ccccc2)c(C)c1. The van der Waals surface area contributed by atoms with Crippen molar-refractivity contribution in [2.24, 2.45) is 0 Å². The molecule has 0 fully saturated rings. The summed E-state index contributed by atoms with van der Waals surface area (Å²) in [6.45, 7) is 7.27. The van der Waals surface area contributed by atoms with E-state index in [0.29, 0.717) is 12.7 Å². The Morgan fingerprint density at radius 2 is 1.89 bits per heavy atom. The van der Waals surface area contributed by atoms with Crippen molar-refractivity contribution in [1.29, 1.82) is 0 Å². The third-order valence-electron chi connectivity index (χ3n) is 5.01. The van der Waals surface area contributed by atoms with Crippen LogP contribution in [0.25, 0.3) is 17.1 Å². The molecule has 0 N–H and O–H groups in total. The zero-order valence-electron chi connectivity index (χ0n) is 16.7. The molecule has 142 valence electrons. The van der Waals surface area contributed by atoms with E-state index in [-0.39, 0.29) is 0 Å². The maximum absolute atomic E-state index is 6.14. The predicted octanol–water partition coefficient (Wildman–Crippen LogP) is 6.33. The van der Waals surface area contributed by atoms with Crippen LogP contribution in [0.4, 0.5) is 0 Å². The molecule has 0 spiro atoms. The summed E-state index contributed by atoms with van der Waals surface area (Å²) in [5.41, 5.74) is 4.74. The minimum atomic E-state index is 0.364. The molecule has 0 aliphatic carbocycles. The minimum absolute atomic E-state index is 0.364. The van der Waals surface area contributed by atoms with E-state index in [9.17, 15) is 0 Å². The molecule has 3 rings (SSSR count). The molecule has 0 saturated heterocycles. The maximum Gasteiger partial charge on any atom is 0.144 e. The molecule has 1 heterocycles. The molecule has 0 bridgehead atoms. The van der Waals surface area contributed by atoms with E-state index < -0.39 is 0 Å². The van der Waals surface area contributed by atoms with Crippen LogP contribution in [0.1, 0.15) is 50.7 Å². The molecule has 3 nitrogen and oxygen atoms in total. The Kier molecular flexibility index (Phi) is 6.83. The normalized spacial score (nSPS) is 12.3. The highest BCUT2D eigenvalue weighted by molar-refractivity contribution is 5.59. The van der Waals surface area contributed by atoms with Gasteiger partial charge in [-0.25, -0.2) is 4.98 Å². The highest BCUT2D eigenvalue weighted by atomic mass is 16.5. The number of benzene rings is 2. The third kappa shape index (κ3) is 4.86. The van der Waals surface area contributed by atoms with Crippen molar-refractivity contribution in [3.8, 4) is 17.1 Å².